The van der Waals surface area contributed by atoms with Gasteiger partial charge in [-0.3, -0.25) is 14.6 Å². The molecule has 1 saturated heterocycles. The maximum Gasteiger partial charge on any atom is 0.260 e. The van der Waals surface area contributed by atoms with Crippen molar-refractivity contribution in [3.05, 3.63) is 58.1 Å². The second-order valence-electron chi connectivity index (χ2n) is 8.11. The average Bonchev–Trinajstić information content (AvgIpc) is 3.13. The predicted octanol–water partition coefficient (Wildman–Crippen LogP) is 4.51. The Balaban J connectivity index is 1.67. The number of amides is 1. The summed E-state index contributed by atoms with van der Waals surface area (Å²) >= 11 is 1.60. The summed E-state index contributed by atoms with van der Waals surface area (Å²) in [6, 6.07) is 10.2. The highest BCUT2D eigenvalue weighted by Crippen LogP contribution is 2.31. The number of carbonyl (C=O) groups is 1. The number of aryl methyl sites for hydroxylation is 4. The number of hydrogen-bond acceptors (Lipinski definition) is 5. The summed E-state index contributed by atoms with van der Waals surface area (Å²) in [4.78, 5) is 22.6. The number of rotatable bonds is 5. The van der Waals surface area contributed by atoms with Gasteiger partial charge in [-0.1, -0.05) is 17.4 Å². The molecular formula is C24H29N3O2S. The number of anilines is 1. The Morgan fingerprint density at radius 2 is 1.73 bits per heavy atom. The molecular weight excluding hydrogens is 394 g/mol. The zero-order chi connectivity index (χ0) is 21.3. The van der Waals surface area contributed by atoms with E-state index in [1.165, 1.54) is 16.7 Å². The topological polar surface area (TPSA) is 45.7 Å². The standard InChI is InChI=1S/C24H29N3O2S/c1-16-5-6-20(13-17(16)2)23(28)27(8-7-26-9-11-29-12-10-26)24-25-21-14-18(3)19(4)15-22(21)30-24/h5-6,13-15H,7-12H2,1-4H3. The molecule has 0 unspecified atom stereocenters. The zero-order valence-corrected chi connectivity index (χ0v) is 19.0. The van der Waals surface area contributed by atoms with Crippen LogP contribution in [-0.4, -0.2) is 55.2 Å². The molecule has 0 N–H and O–H groups in total. The normalized spacial score (nSPS) is 14.9. The Kier molecular flexibility index (Phi) is 6.18. The molecule has 158 valence electrons. The van der Waals surface area contributed by atoms with Crippen molar-refractivity contribution >= 4 is 32.6 Å². The second-order valence-corrected chi connectivity index (χ2v) is 9.12. The number of benzene rings is 2. The van der Waals surface area contributed by atoms with Crippen molar-refractivity contribution in [2.24, 2.45) is 0 Å². The van der Waals surface area contributed by atoms with E-state index in [2.05, 4.69) is 37.8 Å². The highest BCUT2D eigenvalue weighted by molar-refractivity contribution is 7.22. The number of nitrogens with zero attached hydrogens (tertiary/aromatic N) is 3. The van der Waals surface area contributed by atoms with Gasteiger partial charge >= 0.3 is 0 Å². The maximum absolute atomic E-state index is 13.5. The van der Waals surface area contributed by atoms with Crippen LogP contribution in [0.15, 0.2) is 30.3 Å². The van der Waals surface area contributed by atoms with Crippen molar-refractivity contribution in [2.75, 3.05) is 44.3 Å². The largest absolute Gasteiger partial charge is 0.379 e. The first-order valence-corrected chi connectivity index (χ1v) is 11.3. The van der Waals surface area contributed by atoms with E-state index in [1.54, 1.807) is 11.3 Å². The van der Waals surface area contributed by atoms with Gasteiger partial charge in [-0.15, -0.1) is 0 Å². The minimum Gasteiger partial charge on any atom is -0.379 e. The number of morpholine rings is 1. The number of fused-ring (bicyclic) bond motifs is 1. The zero-order valence-electron chi connectivity index (χ0n) is 18.2. The van der Waals surface area contributed by atoms with Crippen LogP contribution in [-0.2, 0) is 4.74 Å². The summed E-state index contributed by atoms with van der Waals surface area (Å²) in [7, 11) is 0. The second kappa shape index (κ2) is 8.84. The molecule has 6 heteroatoms. The van der Waals surface area contributed by atoms with Crippen LogP contribution in [0.3, 0.4) is 0 Å². The molecule has 2 aromatic carbocycles. The number of aromatic nitrogens is 1. The molecule has 0 saturated carbocycles. The van der Waals surface area contributed by atoms with E-state index in [4.69, 9.17) is 9.72 Å². The molecule has 1 amide bonds. The van der Waals surface area contributed by atoms with Gasteiger partial charge in [0.25, 0.3) is 5.91 Å². The molecule has 0 bridgehead atoms. The van der Waals surface area contributed by atoms with E-state index in [0.717, 1.165) is 53.8 Å². The van der Waals surface area contributed by atoms with Crippen LogP contribution in [0.4, 0.5) is 5.13 Å². The third kappa shape index (κ3) is 4.41. The van der Waals surface area contributed by atoms with Crippen LogP contribution in [0.25, 0.3) is 10.2 Å². The lowest BCUT2D eigenvalue weighted by Crippen LogP contribution is -2.43. The van der Waals surface area contributed by atoms with Gasteiger partial charge in [0.15, 0.2) is 5.13 Å². The lowest BCUT2D eigenvalue weighted by Gasteiger charge is -2.29. The molecule has 1 aromatic heterocycles. The van der Waals surface area contributed by atoms with E-state index < -0.39 is 0 Å². The lowest BCUT2D eigenvalue weighted by molar-refractivity contribution is 0.0391. The molecule has 1 aliphatic rings. The van der Waals surface area contributed by atoms with Crippen molar-refractivity contribution < 1.29 is 9.53 Å². The van der Waals surface area contributed by atoms with Gasteiger partial charge in [0.2, 0.25) is 0 Å². The van der Waals surface area contributed by atoms with Gasteiger partial charge in [-0.25, -0.2) is 4.98 Å². The Bertz CT molecular complexity index is 1030. The molecule has 3 aromatic rings. The fraction of sp³-hybridized carbons (Fsp3) is 0.417. The van der Waals surface area contributed by atoms with E-state index in [-0.39, 0.29) is 5.91 Å². The van der Waals surface area contributed by atoms with Crippen molar-refractivity contribution in [3.63, 3.8) is 0 Å². The van der Waals surface area contributed by atoms with E-state index in [1.807, 2.05) is 30.0 Å². The van der Waals surface area contributed by atoms with Gasteiger partial charge in [0.05, 0.1) is 23.4 Å². The Morgan fingerprint density at radius 3 is 2.47 bits per heavy atom. The van der Waals surface area contributed by atoms with Crippen LogP contribution in [0, 0.1) is 27.7 Å². The van der Waals surface area contributed by atoms with Crippen LogP contribution in [0.5, 0.6) is 0 Å². The highest BCUT2D eigenvalue weighted by Gasteiger charge is 2.23. The van der Waals surface area contributed by atoms with E-state index >= 15 is 0 Å². The Morgan fingerprint density at radius 1 is 1.03 bits per heavy atom. The first-order chi connectivity index (χ1) is 14.4. The van der Waals surface area contributed by atoms with E-state index in [0.29, 0.717) is 12.1 Å². The fourth-order valence-corrected chi connectivity index (χ4v) is 4.73. The quantitative estimate of drug-likeness (QED) is 0.606. The van der Waals surface area contributed by atoms with Crippen LogP contribution < -0.4 is 4.90 Å². The highest BCUT2D eigenvalue weighted by atomic mass is 32.1. The third-order valence-electron chi connectivity index (χ3n) is 5.97. The Labute approximate surface area is 182 Å². The molecule has 0 spiro atoms. The lowest BCUT2D eigenvalue weighted by atomic mass is 10.1. The molecule has 4 rings (SSSR count). The van der Waals surface area contributed by atoms with E-state index in [9.17, 15) is 4.79 Å². The van der Waals surface area contributed by atoms with Crippen molar-refractivity contribution in [1.29, 1.82) is 0 Å². The summed E-state index contributed by atoms with van der Waals surface area (Å²) in [5.74, 6) is 0.0128. The monoisotopic (exact) mass is 423 g/mol. The summed E-state index contributed by atoms with van der Waals surface area (Å²) in [5.41, 5.74) is 6.47. The number of ether oxygens (including phenoxy) is 1. The average molecular weight is 424 g/mol. The van der Waals surface area contributed by atoms with Gasteiger partial charge in [0.1, 0.15) is 0 Å². The molecule has 2 heterocycles. The molecule has 1 aliphatic heterocycles. The molecule has 1 fully saturated rings. The third-order valence-corrected chi connectivity index (χ3v) is 7.01. The first kappa shape index (κ1) is 21.0. The van der Waals surface area contributed by atoms with Crippen molar-refractivity contribution in [1.82, 2.24) is 9.88 Å². The van der Waals surface area contributed by atoms with Gasteiger partial charge in [-0.2, -0.15) is 0 Å². The van der Waals surface area contributed by atoms with Gasteiger partial charge < -0.3 is 4.74 Å². The first-order valence-electron chi connectivity index (χ1n) is 10.5. The summed E-state index contributed by atoms with van der Waals surface area (Å²) in [5, 5.41) is 0.770. The summed E-state index contributed by atoms with van der Waals surface area (Å²) < 4.78 is 6.58. The molecule has 0 atom stereocenters. The molecule has 30 heavy (non-hydrogen) atoms. The van der Waals surface area contributed by atoms with Gasteiger partial charge in [-0.05, 0) is 74.2 Å². The number of hydrogen-bond donors (Lipinski definition) is 0. The molecule has 0 radical (unpaired) electrons. The predicted molar refractivity (Wildman–Crippen MR) is 124 cm³/mol. The van der Waals surface area contributed by atoms with Gasteiger partial charge in [0, 0.05) is 31.7 Å². The van der Waals surface area contributed by atoms with Crippen LogP contribution >= 0.6 is 11.3 Å². The smallest absolute Gasteiger partial charge is 0.260 e. The van der Waals surface area contributed by atoms with Crippen LogP contribution in [0.2, 0.25) is 0 Å². The van der Waals surface area contributed by atoms with Crippen molar-refractivity contribution in [2.45, 2.75) is 27.7 Å². The molecule has 5 nitrogen and oxygen atoms in total. The van der Waals surface area contributed by atoms with Crippen molar-refractivity contribution in [3.8, 4) is 0 Å². The number of carbonyl (C=O) groups excluding carboxylic acids is 1. The minimum atomic E-state index is 0.0128. The SMILES string of the molecule is Cc1ccc(C(=O)N(CCN2CCOCC2)c2nc3cc(C)c(C)cc3s2)cc1C. The minimum absolute atomic E-state index is 0.0128. The maximum atomic E-state index is 13.5. The fourth-order valence-electron chi connectivity index (χ4n) is 3.66. The Hall–Kier alpha value is -2.28. The molecule has 0 aliphatic carbocycles. The summed E-state index contributed by atoms with van der Waals surface area (Å²) in [6.45, 7) is 13.1. The number of thiazole rings is 1. The van der Waals surface area contributed by atoms with Crippen LogP contribution in [0.1, 0.15) is 32.6 Å². The summed E-state index contributed by atoms with van der Waals surface area (Å²) in [6.07, 6.45) is 0.